The van der Waals surface area contributed by atoms with Crippen molar-refractivity contribution in [3.8, 4) is 34.4 Å². The van der Waals surface area contributed by atoms with Crippen molar-refractivity contribution in [2.24, 2.45) is 5.73 Å². The number of fused-ring (bicyclic) bond motifs is 7. The SMILES string of the molecule is C=C(/C=C(/C#N)C=N)c1cccc(-c2cc3oc4cc(-c5cccc(/C(C)=C/C(C#N)=C\N)c5)c5ccccc5c4c3c3ccccc23)c1. The van der Waals surface area contributed by atoms with Crippen LogP contribution in [-0.4, -0.2) is 6.21 Å². The Labute approximate surface area is 283 Å². The molecule has 0 unspecified atom stereocenters. The molecule has 0 saturated carbocycles. The molecule has 5 heteroatoms. The van der Waals surface area contributed by atoms with Gasteiger partial charge in [0.1, 0.15) is 23.3 Å². The van der Waals surface area contributed by atoms with Crippen LogP contribution >= 0.6 is 0 Å². The zero-order valence-electron chi connectivity index (χ0n) is 26.8. The summed E-state index contributed by atoms with van der Waals surface area (Å²) in [5, 5.41) is 32.7. The van der Waals surface area contributed by atoms with Crippen LogP contribution in [0, 0.1) is 28.1 Å². The number of nitrogens with one attached hydrogen (secondary N) is 1. The first-order valence-electron chi connectivity index (χ1n) is 15.8. The largest absolute Gasteiger partial charge is 0.456 e. The van der Waals surface area contributed by atoms with Crippen LogP contribution in [0.3, 0.4) is 0 Å². The zero-order chi connectivity index (χ0) is 34.1. The molecule has 5 nitrogen and oxygen atoms in total. The van der Waals surface area contributed by atoms with Gasteiger partial charge in [0, 0.05) is 23.2 Å². The summed E-state index contributed by atoms with van der Waals surface area (Å²) in [6.45, 7) is 6.14. The molecule has 0 fully saturated rings. The van der Waals surface area contributed by atoms with Crippen molar-refractivity contribution in [2.75, 3.05) is 0 Å². The zero-order valence-corrected chi connectivity index (χ0v) is 26.8. The van der Waals surface area contributed by atoms with Crippen LogP contribution in [-0.2, 0) is 0 Å². The fraction of sp³-hybridized carbons (Fsp3) is 0.0227. The lowest BCUT2D eigenvalue weighted by atomic mass is 9.90. The predicted molar refractivity (Wildman–Crippen MR) is 203 cm³/mol. The molecule has 0 aliphatic heterocycles. The van der Waals surface area contributed by atoms with E-state index in [9.17, 15) is 10.5 Å². The summed E-state index contributed by atoms with van der Waals surface area (Å²) >= 11 is 0. The molecule has 0 aliphatic carbocycles. The van der Waals surface area contributed by atoms with Crippen molar-refractivity contribution in [1.29, 1.82) is 15.9 Å². The fourth-order valence-electron chi connectivity index (χ4n) is 6.60. The van der Waals surface area contributed by atoms with E-state index in [1.165, 1.54) is 6.20 Å². The van der Waals surface area contributed by atoms with Crippen molar-refractivity contribution >= 4 is 60.8 Å². The van der Waals surface area contributed by atoms with Gasteiger partial charge in [-0.15, -0.1) is 0 Å². The van der Waals surface area contributed by atoms with Crippen molar-refractivity contribution in [3.05, 3.63) is 156 Å². The monoisotopic (exact) mass is 630 g/mol. The van der Waals surface area contributed by atoms with E-state index >= 15 is 0 Å². The van der Waals surface area contributed by atoms with Gasteiger partial charge in [-0.2, -0.15) is 10.5 Å². The number of nitriles is 2. The average molecular weight is 631 g/mol. The summed E-state index contributed by atoms with van der Waals surface area (Å²) in [6, 6.07) is 41.6. The van der Waals surface area contributed by atoms with Crippen molar-refractivity contribution in [2.45, 2.75) is 6.92 Å². The third-order valence-corrected chi connectivity index (χ3v) is 8.96. The predicted octanol–water partition coefficient (Wildman–Crippen LogP) is 11.1. The highest BCUT2D eigenvalue weighted by Gasteiger charge is 2.19. The van der Waals surface area contributed by atoms with Gasteiger partial charge < -0.3 is 15.6 Å². The lowest BCUT2D eigenvalue weighted by Gasteiger charge is -2.12. The second-order valence-electron chi connectivity index (χ2n) is 11.9. The summed E-state index contributed by atoms with van der Waals surface area (Å²) in [7, 11) is 0. The Morgan fingerprint density at radius 1 is 0.673 bits per heavy atom. The maximum absolute atomic E-state index is 9.39. The third kappa shape index (κ3) is 5.46. The number of hydrogen-bond donors (Lipinski definition) is 2. The van der Waals surface area contributed by atoms with Crippen LogP contribution in [0.4, 0.5) is 0 Å². The van der Waals surface area contributed by atoms with Crippen molar-refractivity contribution < 1.29 is 4.42 Å². The van der Waals surface area contributed by atoms with E-state index < -0.39 is 0 Å². The molecule has 7 rings (SSSR count). The maximum Gasteiger partial charge on any atom is 0.136 e. The van der Waals surface area contributed by atoms with Gasteiger partial charge in [-0.05, 0) is 109 Å². The lowest BCUT2D eigenvalue weighted by molar-refractivity contribution is 0.670. The van der Waals surface area contributed by atoms with Crippen LogP contribution in [0.15, 0.2) is 150 Å². The van der Waals surface area contributed by atoms with Crippen LogP contribution in [0.25, 0.3) is 76.9 Å². The molecule has 232 valence electrons. The molecule has 0 amide bonds. The minimum absolute atomic E-state index is 0.242. The van der Waals surface area contributed by atoms with Crippen LogP contribution in [0.5, 0.6) is 0 Å². The lowest BCUT2D eigenvalue weighted by Crippen LogP contribution is -1.88. The van der Waals surface area contributed by atoms with Gasteiger partial charge in [0.2, 0.25) is 0 Å². The highest BCUT2D eigenvalue weighted by Crippen LogP contribution is 2.45. The number of nitrogens with two attached hydrogens (primary N) is 1. The molecule has 0 saturated heterocycles. The Kier molecular flexibility index (Phi) is 7.94. The topological polar surface area (TPSA) is 111 Å². The molecule has 0 aliphatic rings. The number of hydrogen-bond acceptors (Lipinski definition) is 5. The Balaban J connectivity index is 1.45. The second-order valence-corrected chi connectivity index (χ2v) is 11.9. The quantitative estimate of drug-likeness (QED) is 0.104. The molecule has 49 heavy (non-hydrogen) atoms. The molecule has 6 aromatic carbocycles. The number of furan rings is 1. The van der Waals surface area contributed by atoms with Crippen LogP contribution in [0.2, 0.25) is 0 Å². The maximum atomic E-state index is 9.39. The molecule has 1 heterocycles. The molecule has 0 spiro atoms. The molecular formula is C44H30N4O. The second kappa shape index (κ2) is 12.7. The van der Waals surface area contributed by atoms with E-state index in [-0.39, 0.29) is 5.57 Å². The summed E-state index contributed by atoms with van der Waals surface area (Å²) in [5.41, 5.74) is 15.5. The van der Waals surface area contributed by atoms with Gasteiger partial charge in [-0.25, -0.2) is 0 Å². The number of nitrogens with zero attached hydrogens (tertiary/aromatic N) is 2. The number of rotatable bonds is 7. The van der Waals surface area contributed by atoms with Gasteiger partial charge >= 0.3 is 0 Å². The average Bonchev–Trinajstić information content (AvgIpc) is 3.54. The Morgan fingerprint density at radius 3 is 1.69 bits per heavy atom. The minimum atomic E-state index is 0.242. The molecule has 0 radical (unpaired) electrons. The van der Waals surface area contributed by atoms with E-state index in [1.54, 1.807) is 12.2 Å². The standard InChI is InChI=1S/C44H30N4O/c1-27(17-29(23-45)24-46)31-9-7-11-33(19-31)39-21-41-43(37-15-5-3-13-35(37)39)44-38-16-6-4-14-36(38)40(22-42(44)49-41)34-12-8-10-32(20-34)28(2)18-30(25-47)26-48/h3-23,25,45H,1,47H2,2H3/b28-18+,29-17+,30-25+,45-23?. The van der Waals surface area contributed by atoms with E-state index in [4.69, 9.17) is 15.6 Å². The van der Waals surface area contributed by atoms with Crippen molar-refractivity contribution in [1.82, 2.24) is 0 Å². The Hall–Kier alpha value is -6.95. The summed E-state index contributed by atoms with van der Waals surface area (Å²) in [4.78, 5) is 0. The summed E-state index contributed by atoms with van der Waals surface area (Å²) in [5.74, 6) is 0. The van der Waals surface area contributed by atoms with Gasteiger partial charge in [0.25, 0.3) is 0 Å². The number of allylic oxidation sites excluding steroid dienone is 6. The molecular weight excluding hydrogens is 601 g/mol. The molecule has 7 aromatic rings. The minimum Gasteiger partial charge on any atom is -0.456 e. The highest BCUT2D eigenvalue weighted by atomic mass is 16.3. The molecule has 1 aromatic heterocycles. The summed E-state index contributed by atoms with van der Waals surface area (Å²) in [6.07, 6.45) is 5.78. The third-order valence-electron chi connectivity index (χ3n) is 8.96. The van der Waals surface area contributed by atoms with Gasteiger partial charge in [0.05, 0.1) is 11.1 Å². The normalized spacial score (nSPS) is 12.3. The first-order valence-corrected chi connectivity index (χ1v) is 15.8. The van der Waals surface area contributed by atoms with E-state index in [2.05, 4.69) is 97.6 Å². The van der Waals surface area contributed by atoms with E-state index in [0.29, 0.717) is 11.1 Å². The number of benzene rings is 6. The van der Waals surface area contributed by atoms with Gasteiger partial charge in [-0.1, -0.05) is 91.5 Å². The highest BCUT2D eigenvalue weighted by molar-refractivity contribution is 6.29. The van der Waals surface area contributed by atoms with Gasteiger partial charge in [-0.3, -0.25) is 0 Å². The van der Waals surface area contributed by atoms with Crippen molar-refractivity contribution in [3.63, 3.8) is 0 Å². The van der Waals surface area contributed by atoms with E-state index in [1.807, 2.05) is 37.3 Å². The molecule has 0 bridgehead atoms. The summed E-state index contributed by atoms with van der Waals surface area (Å²) < 4.78 is 6.75. The fourth-order valence-corrected chi connectivity index (χ4v) is 6.60. The smallest absolute Gasteiger partial charge is 0.136 e. The van der Waals surface area contributed by atoms with E-state index in [0.717, 1.165) is 88.7 Å². The molecule has 0 atom stereocenters. The Morgan fingerprint density at radius 2 is 1.18 bits per heavy atom. The van der Waals surface area contributed by atoms with Crippen LogP contribution < -0.4 is 5.73 Å². The first kappa shape index (κ1) is 30.7. The first-order chi connectivity index (χ1) is 23.9. The van der Waals surface area contributed by atoms with Crippen LogP contribution in [0.1, 0.15) is 18.1 Å². The molecule has 3 N–H and O–H groups in total. The Bertz CT molecular complexity index is 2690. The van der Waals surface area contributed by atoms with Gasteiger partial charge in [0.15, 0.2) is 0 Å².